The minimum absolute atomic E-state index is 0.0773. The Morgan fingerprint density at radius 2 is 1.97 bits per heavy atom. The first-order valence-corrected chi connectivity index (χ1v) is 10.8. The maximum atomic E-state index is 13.0. The van der Waals surface area contributed by atoms with Gasteiger partial charge < -0.3 is 4.74 Å². The summed E-state index contributed by atoms with van der Waals surface area (Å²) in [6.45, 7) is 1.54. The lowest BCUT2D eigenvalue weighted by molar-refractivity contribution is -0.142. The lowest BCUT2D eigenvalue weighted by Crippen LogP contribution is -2.49. The Bertz CT molecular complexity index is 1110. The van der Waals surface area contributed by atoms with Crippen molar-refractivity contribution in [3.05, 3.63) is 58.7 Å². The Balaban J connectivity index is 1.99. The van der Waals surface area contributed by atoms with E-state index in [1.54, 1.807) is 32.3 Å². The van der Waals surface area contributed by atoms with Gasteiger partial charge in [0.1, 0.15) is 17.4 Å². The molecule has 0 unspecified atom stereocenters. The van der Waals surface area contributed by atoms with E-state index in [9.17, 15) is 23.3 Å². The van der Waals surface area contributed by atoms with Crippen molar-refractivity contribution in [3.63, 3.8) is 0 Å². The minimum atomic E-state index is -3.30. The number of ether oxygens (including phenoxy) is 1. The zero-order chi connectivity index (χ0) is 21.2. The van der Waals surface area contributed by atoms with Crippen molar-refractivity contribution in [3.8, 4) is 11.8 Å². The highest BCUT2D eigenvalue weighted by atomic mass is 32.2. The Labute approximate surface area is 169 Å². The predicted molar refractivity (Wildman–Crippen MR) is 107 cm³/mol. The second-order valence-electron chi connectivity index (χ2n) is 6.83. The van der Waals surface area contributed by atoms with E-state index in [0.29, 0.717) is 5.75 Å². The first kappa shape index (κ1) is 20.6. The summed E-state index contributed by atoms with van der Waals surface area (Å²) in [4.78, 5) is 26.6. The van der Waals surface area contributed by atoms with Gasteiger partial charge in [-0.1, -0.05) is 30.4 Å². The molecule has 29 heavy (non-hydrogen) atoms. The monoisotopic (exact) mass is 412 g/mol. The van der Waals surface area contributed by atoms with Gasteiger partial charge in [-0.15, -0.1) is 0 Å². The normalized spacial score (nSPS) is 23.1. The van der Waals surface area contributed by atoms with Crippen LogP contribution in [0.5, 0.6) is 5.75 Å². The van der Waals surface area contributed by atoms with Crippen LogP contribution in [0.2, 0.25) is 0 Å². The molecule has 1 aromatic rings. The Kier molecular flexibility index (Phi) is 5.71. The zero-order valence-corrected chi connectivity index (χ0v) is 16.9. The summed E-state index contributed by atoms with van der Waals surface area (Å²) in [5.74, 6) is -1.00. The third kappa shape index (κ3) is 4.00. The molecule has 1 saturated heterocycles. The van der Waals surface area contributed by atoms with Crippen molar-refractivity contribution < 1.29 is 22.7 Å². The molecule has 150 valence electrons. The van der Waals surface area contributed by atoms with Crippen molar-refractivity contribution in [2.45, 2.75) is 19.4 Å². The number of nitriles is 1. The molecule has 0 bridgehead atoms. The summed E-state index contributed by atoms with van der Waals surface area (Å²) in [6.07, 6.45) is 5.11. The van der Waals surface area contributed by atoms with Crippen LogP contribution in [0.25, 0.3) is 6.08 Å². The lowest BCUT2D eigenvalue weighted by atomic mass is 9.93. The van der Waals surface area contributed by atoms with Crippen LogP contribution in [0.4, 0.5) is 0 Å². The number of methoxy groups -OCH3 is 1. The summed E-state index contributed by atoms with van der Waals surface area (Å²) in [5.41, 5.74) is 1.12. The summed E-state index contributed by atoms with van der Waals surface area (Å²) in [6, 6.07) is 8.44. The van der Waals surface area contributed by atoms with Crippen LogP contribution in [0.3, 0.4) is 0 Å². The molecule has 0 aromatic heterocycles. The number of carbonyl (C=O) groups excluding carboxylic acids is 2. The molecular weight excluding hydrogens is 392 g/mol. The zero-order valence-electron chi connectivity index (χ0n) is 16.1. The van der Waals surface area contributed by atoms with Crippen molar-refractivity contribution in [2.24, 2.45) is 0 Å². The molecule has 7 nitrogen and oxygen atoms in total. The van der Waals surface area contributed by atoms with Gasteiger partial charge in [0, 0.05) is 11.1 Å². The number of hydrogen-bond donors (Lipinski definition) is 0. The van der Waals surface area contributed by atoms with Gasteiger partial charge >= 0.3 is 0 Å². The molecule has 2 aliphatic heterocycles. The van der Waals surface area contributed by atoms with Gasteiger partial charge in [-0.3, -0.25) is 14.5 Å². The fourth-order valence-electron chi connectivity index (χ4n) is 3.49. The number of rotatable bonds is 4. The molecular formula is C21H20N2O5S. The van der Waals surface area contributed by atoms with E-state index in [0.717, 1.165) is 10.5 Å². The number of imide groups is 1. The molecule has 1 aromatic carbocycles. The largest absolute Gasteiger partial charge is 0.496 e. The minimum Gasteiger partial charge on any atom is -0.496 e. The van der Waals surface area contributed by atoms with Crippen molar-refractivity contribution in [1.82, 2.24) is 4.90 Å². The quantitative estimate of drug-likeness (QED) is 0.554. The van der Waals surface area contributed by atoms with E-state index >= 15 is 0 Å². The highest BCUT2D eigenvalue weighted by molar-refractivity contribution is 7.91. The average Bonchev–Trinajstić information content (AvgIpc) is 3.04. The van der Waals surface area contributed by atoms with E-state index < -0.39 is 27.7 Å². The van der Waals surface area contributed by atoms with E-state index in [4.69, 9.17) is 4.74 Å². The number of hydrogen-bond acceptors (Lipinski definition) is 6. The van der Waals surface area contributed by atoms with Crippen LogP contribution in [0.1, 0.15) is 18.9 Å². The third-order valence-electron chi connectivity index (χ3n) is 5.02. The average molecular weight is 412 g/mol. The first-order chi connectivity index (χ1) is 13.8. The fraction of sp³-hybridized carbons (Fsp3) is 0.286. The third-order valence-corrected chi connectivity index (χ3v) is 6.77. The van der Waals surface area contributed by atoms with Gasteiger partial charge in [-0.05, 0) is 31.1 Å². The molecule has 8 heteroatoms. The second kappa shape index (κ2) is 8.05. The van der Waals surface area contributed by atoms with Gasteiger partial charge in [0.25, 0.3) is 11.8 Å². The smallest absolute Gasteiger partial charge is 0.271 e. The SMILES string of the molecule is COc1ccccc1/C=C/C=C1\C(=O)N([C@H]2CCS(=O)(=O)C2)C(=O)C(C#N)=C1C. The molecule has 1 atom stereocenters. The van der Waals surface area contributed by atoms with Gasteiger partial charge in [-0.2, -0.15) is 5.26 Å². The number of amides is 2. The molecule has 2 amide bonds. The van der Waals surface area contributed by atoms with Crippen LogP contribution in [0, 0.1) is 11.3 Å². The molecule has 2 heterocycles. The fourth-order valence-corrected chi connectivity index (χ4v) is 5.19. The van der Waals surface area contributed by atoms with Crippen molar-refractivity contribution in [1.29, 1.82) is 5.26 Å². The molecule has 0 saturated carbocycles. The van der Waals surface area contributed by atoms with Crippen LogP contribution in [0.15, 0.2) is 53.1 Å². The van der Waals surface area contributed by atoms with Crippen LogP contribution in [-0.4, -0.2) is 49.8 Å². The molecule has 0 spiro atoms. The molecule has 0 radical (unpaired) electrons. The number of carbonyl (C=O) groups is 2. The number of para-hydroxylation sites is 1. The van der Waals surface area contributed by atoms with Gasteiger partial charge in [0.15, 0.2) is 9.84 Å². The van der Waals surface area contributed by atoms with Crippen molar-refractivity contribution >= 4 is 27.7 Å². The Hall–Kier alpha value is -3.18. The van der Waals surface area contributed by atoms with E-state index in [2.05, 4.69) is 0 Å². The van der Waals surface area contributed by atoms with E-state index in [1.807, 2.05) is 24.3 Å². The maximum Gasteiger partial charge on any atom is 0.271 e. The van der Waals surface area contributed by atoms with Gasteiger partial charge in [-0.25, -0.2) is 8.42 Å². The Morgan fingerprint density at radius 1 is 1.24 bits per heavy atom. The Morgan fingerprint density at radius 3 is 2.59 bits per heavy atom. The van der Waals surface area contributed by atoms with Crippen LogP contribution >= 0.6 is 0 Å². The number of benzene rings is 1. The van der Waals surface area contributed by atoms with Crippen LogP contribution in [-0.2, 0) is 19.4 Å². The molecule has 0 aliphatic carbocycles. The molecule has 0 N–H and O–H groups in total. The van der Waals surface area contributed by atoms with Crippen molar-refractivity contribution in [2.75, 3.05) is 18.6 Å². The standard InChI is InChI=1S/C21H20N2O5S/c1-14-17(8-5-7-15-6-3-4-9-19(15)28-2)20(24)23(21(25)18(14)12-22)16-10-11-29(26,27)13-16/h3-9,16H,10-11,13H2,1-2H3/b7-5+,17-8-/t16-/m0/s1. The number of allylic oxidation sites excluding steroid dienone is 2. The summed E-state index contributed by atoms with van der Waals surface area (Å²) < 4.78 is 28.9. The first-order valence-electron chi connectivity index (χ1n) is 9.00. The summed E-state index contributed by atoms with van der Waals surface area (Å²) in [5, 5.41) is 9.42. The predicted octanol–water partition coefficient (Wildman–Crippen LogP) is 2.03. The van der Waals surface area contributed by atoms with Crippen LogP contribution < -0.4 is 4.74 Å². The second-order valence-corrected chi connectivity index (χ2v) is 9.06. The topological polar surface area (TPSA) is 105 Å². The molecule has 2 aliphatic rings. The summed E-state index contributed by atoms with van der Waals surface area (Å²) >= 11 is 0. The lowest BCUT2D eigenvalue weighted by Gasteiger charge is -2.31. The molecule has 1 fully saturated rings. The van der Waals surface area contributed by atoms with E-state index in [1.165, 1.54) is 6.08 Å². The highest BCUT2D eigenvalue weighted by Crippen LogP contribution is 2.30. The highest BCUT2D eigenvalue weighted by Gasteiger charge is 2.43. The summed E-state index contributed by atoms with van der Waals surface area (Å²) in [7, 11) is -1.74. The number of sulfone groups is 1. The van der Waals surface area contributed by atoms with Gasteiger partial charge in [0.05, 0.1) is 24.7 Å². The molecule has 3 rings (SSSR count). The maximum absolute atomic E-state index is 13.0. The number of nitrogens with zero attached hydrogens (tertiary/aromatic N) is 2. The van der Waals surface area contributed by atoms with Gasteiger partial charge in [0.2, 0.25) is 0 Å². The van der Waals surface area contributed by atoms with E-state index in [-0.39, 0.29) is 34.6 Å².